The zero-order valence-corrected chi connectivity index (χ0v) is 12.5. The van der Waals surface area contributed by atoms with Crippen LogP contribution >= 0.6 is 0 Å². The van der Waals surface area contributed by atoms with E-state index in [1.54, 1.807) is 15.3 Å². The third kappa shape index (κ3) is 3.33. The summed E-state index contributed by atoms with van der Waals surface area (Å²) in [4.78, 5) is 14.5. The predicted molar refractivity (Wildman–Crippen MR) is 82.5 cm³/mol. The van der Waals surface area contributed by atoms with Crippen LogP contribution in [0.5, 0.6) is 0 Å². The molecule has 2 aromatic heterocycles. The van der Waals surface area contributed by atoms with Gasteiger partial charge in [-0.15, -0.1) is 5.10 Å². The lowest BCUT2D eigenvalue weighted by Crippen LogP contribution is -2.38. The number of pyridine rings is 1. The van der Waals surface area contributed by atoms with E-state index in [-0.39, 0.29) is 5.69 Å². The van der Waals surface area contributed by atoms with Crippen LogP contribution in [-0.2, 0) is 6.54 Å². The zero-order valence-electron chi connectivity index (χ0n) is 12.5. The number of fused-ring (bicyclic) bond motifs is 1. The van der Waals surface area contributed by atoms with Gasteiger partial charge in [0.25, 0.3) is 0 Å². The second kappa shape index (κ2) is 6.41. The maximum Gasteiger partial charge on any atom is 0.350 e. The van der Waals surface area contributed by atoms with Crippen LogP contribution in [0, 0.1) is 5.92 Å². The molecule has 0 amide bonds. The van der Waals surface area contributed by atoms with Gasteiger partial charge in [0.1, 0.15) is 0 Å². The third-order valence-corrected chi connectivity index (χ3v) is 4.15. The Labute approximate surface area is 124 Å². The van der Waals surface area contributed by atoms with Crippen LogP contribution in [0.1, 0.15) is 12.8 Å². The van der Waals surface area contributed by atoms with Gasteiger partial charge in [-0.25, -0.2) is 9.48 Å². The van der Waals surface area contributed by atoms with Gasteiger partial charge >= 0.3 is 5.69 Å². The maximum atomic E-state index is 12.2. The van der Waals surface area contributed by atoms with Crippen LogP contribution < -0.4 is 11.0 Å². The summed E-state index contributed by atoms with van der Waals surface area (Å²) >= 11 is 0. The fourth-order valence-corrected chi connectivity index (χ4v) is 2.99. The Hall–Kier alpha value is -1.66. The lowest BCUT2D eigenvalue weighted by Gasteiger charge is -2.27. The molecular formula is C15H23N5O. The second-order valence-corrected chi connectivity index (χ2v) is 5.91. The van der Waals surface area contributed by atoms with E-state index in [9.17, 15) is 4.79 Å². The van der Waals surface area contributed by atoms with Crippen molar-refractivity contribution in [2.45, 2.75) is 19.4 Å². The Balaban J connectivity index is 1.58. The molecule has 6 heteroatoms. The van der Waals surface area contributed by atoms with E-state index in [2.05, 4.69) is 22.4 Å². The third-order valence-electron chi connectivity index (χ3n) is 4.15. The highest BCUT2D eigenvalue weighted by Gasteiger charge is 2.15. The molecule has 0 spiro atoms. The largest absolute Gasteiger partial charge is 0.350 e. The molecule has 0 radical (unpaired) electrons. The molecule has 21 heavy (non-hydrogen) atoms. The molecule has 1 N–H and O–H groups in total. The highest BCUT2D eigenvalue weighted by Crippen LogP contribution is 2.10. The molecule has 3 heterocycles. The fraction of sp³-hybridized carbons (Fsp3) is 0.600. The summed E-state index contributed by atoms with van der Waals surface area (Å²) in [7, 11) is 2.12. The van der Waals surface area contributed by atoms with Gasteiger partial charge in [0.2, 0.25) is 0 Å². The van der Waals surface area contributed by atoms with Crippen molar-refractivity contribution in [3.63, 3.8) is 0 Å². The van der Waals surface area contributed by atoms with Crippen LogP contribution in [-0.4, -0.2) is 52.3 Å². The van der Waals surface area contributed by atoms with Crippen LogP contribution in [0.25, 0.3) is 5.65 Å². The van der Waals surface area contributed by atoms with Gasteiger partial charge in [-0.1, -0.05) is 6.07 Å². The quantitative estimate of drug-likeness (QED) is 0.867. The van der Waals surface area contributed by atoms with Crippen LogP contribution in [0.2, 0.25) is 0 Å². The lowest BCUT2D eigenvalue weighted by atomic mass is 9.99. The van der Waals surface area contributed by atoms with Gasteiger partial charge in [0.15, 0.2) is 5.65 Å². The number of aromatic nitrogens is 3. The van der Waals surface area contributed by atoms with E-state index in [1.807, 2.05) is 18.2 Å². The Bertz CT molecular complexity index is 641. The molecule has 1 fully saturated rings. The predicted octanol–water partition coefficient (Wildman–Crippen LogP) is 0.427. The normalized spacial score (nSPS) is 19.4. The summed E-state index contributed by atoms with van der Waals surface area (Å²) in [6.45, 7) is 4.82. The number of hydrogen-bond donors (Lipinski definition) is 1. The van der Waals surface area contributed by atoms with E-state index >= 15 is 0 Å². The highest BCUT2D eigenvalue weighted by molar-refractivity contribution is 5.35. The van der Waals surface area contributed by atoms with Gasteiger partial charge in [0, 0.05) is 19.3 Å². The van der Waals surface area contributed by atoms with E-state index < -0.39 is 0 Å². The number of likely N-dealkylation sites (N-methyl/N-ethyl adjacent to an activating group) is 1. The average molecular weight is 289 g/mol. The average Bonchev–Trinajstić information content (AvgIpc) is 2.83. The van der Waals surface area contributed by atoms with Crippen LogP contribution in [0.15, 0.2) is 29.2 Å². The molecule has 1 aliphatic heterocycles. The SMILES string of the molecule is CN(CCn1nc2ccccn2c1=O)CC1CCCNC1. The molecule has 1 unspecified atom stereocenters. The molecule has 114 valence electrons. The number of nitrogens with one attached hydrogen (secondary N) is 1. The van der Waals surface area contributed by atoms with Gasteiger partial charge in [-0.2, -0.15) is 0 Å². The molecule has 3 rings (SSSR count). The van der Waals surface area contributed by atoms with Crippen molar-refractivity contribution in [3.05, 3.63) is 34.9 Å². The topological polar surface area (TPSA) is 54.6 Å². The Morgan fingerprint density at radius 2 is 2.38 bits per heavy atom. The fourth-order valence-electron chi connectivity index (χ4n) is 2.99. The Kier molecular flexibility index (Phi) is 4.36. The van der Waals surface area contributed by atoms with Crippen molar-refractivity contribution in [2.75, 3.05) is 33.2 Å². The minimum absolute atomic E-state index is 0.0571. The van der Waals surface area contributed by atoms with Gasteiger partial charge in [0.05, 0.1) is 6.54 Å². The van der Waals surface area contributed by atoms with Gasteiger partial charge < -0.3 is 10.2 Å². The van der Waals surface area contributed by atoms with E-state index in [0.717, 1.165) is 32.1 Å². The molecule has 0 aliphatic carbocycles. The molecule has 0 saturated carbocycles. The van der Waals surface area contributed by atoms with Gasteiger partial charge in [-0.05, 0) is 51.0 Å². The second-order valence-electron chi connectivity index (χ2n) is 5.91. The van der Waals surface area contributed by atoms with Crippen molar-refractivity contribution in [1.82, 2.24) is 24.4 Å². The molecule has 1 aliphatic rings. The maximum absolute atomic E-state index is 12.2. The summed E-state index contributed by atoms with van der Waals surface area (Å²) in [6, 6.07) is 5.60. The number of hydrogen-bond acceptors (Lipinski definition) is 4. The van der Waals surface area contributed by atoms with Crippen molar-refractivity contribution in [3.8, 4) is 0 Å². The van der Waals surface area contributed by atoms with E-state index in [4.69, 9.17) is 0 Å². The summed E-state index contributed by atoms with van der Waals surface area (Å²) < 4.78 is 3.15. The monoisotopic (exact) mass is 289 g/mol. The van der Waals surface area contributed by atoms with Crippen molar-refractivity contribution in [1.29, 1.82) is 0 Å². The van der Waals surface area contributed by atoms with Crippen molar-refractivity contribution in [2.24, 2.45) is 5.92 Å². The summed E-state index contributed by atoms with van der Waals surface area (Å²) in [5.74, 6) is 0.724. The molecule has 0 bridgehead atoms. The van der Waals surface area contributed by atoms with Crippen molar-refractivity contribution >= 4 is 5.65 Å². The Morgan fingerprint density at radius 1 is 1.48 bits per heavy atom. The zero-order chi connectivity index (χ0) is 14.7. The number of rotatable bonds is 5. The minimum Gasteiger partial charge on any atom is -0.316 e. The first-order valence-electron chi connectivity index (χ1n) is 7.67. The lowest BCUT2D eigenvalue weighted by molar-refractivity contribution is 0.233. The van der Waals surface area contributed by atoms with Crippen LogP contribution in [0.3, 0.4) is 0 Å². The van der Waals surface area contributed by atoms with Gasteiger partial charge in [-0.3, -0.25) is 4.40 Å². The first kappa shape index (κ1) is 14.3. The first-order valence-corrected chi connectivity index (χ1v) is 7.67. The summed E-state index contributed by atoms with van der Waals surface area (Å²) in [5, 5.41) is 7.80. The van der Waals surface area contributed by atoms with Crippen molar-refractivity contribution < 1.29 is 0 Å². The number of piperidine rings is 1. The standard InChI is InChI=1S/C15H23N5O/c1-18(12-13-5-4-7-16-11-13)9-10-20-15(21)19-8-3-2-6-14(19)17-20/h2-3,6,8,13,16H,4-5,7,9-12H2,1H3. The molecule has 1 saturated heterocycles. The molecule has 6 nitrogen and oxygen atoms in total. The van der Waals surface area contributed by atoms with E-state index in [1.165, 1.54) is 12.8 Å². The summed E-state index contributed by atoms with van der Waals surface area (Å²) in [5.41, 5.74) is 0.653. The summed E-state index contributed by atoms with van der Waals surface area (Å²) in [6.07, 6.45) is 4.33. The Morgan fingerprint density at radius 3 is 3.14 bits per heavy atom. The molecule has 0 aromatic carbocycles. The molecular weight excluding hydrogens is 266 g/mol. The first-order chi connectivity index (χ1) is 10.2. The smallest absolute Gasteiger partial charge is 0.316 e. The minimum atomic E-state index is -0.0571. The van der Waals surface area contributed by atoms with Crippen LogP contribution in [0.4, 0.5) is 0 Å². The molecule has 1 atom stereocenters. The highest BCUT2D eigenvalue weighted by atomic mass is 16.2. The number of nitrogens with zero attached hydrogens (tertiary/aromatic N) is 4. The molecule has 2 aromatic rings. The van der Waals surface area contributed by atoms with E-state index in [0.29, 0.717) is 12.2 Å².